The summed E-state index contributed by atoms with van der Waals surface area (Å²) < 4.78 is 9.92. The van der Waals surface area contributed by atoms with Gasteiger partial charge in [0, 0.05) is 5.69 Å². The summed E-state index contributed by atoms with van der Waals surface area (Å²) in [5, 5.41) is 0. The van der Waals surface area contributed by atoms with Gasteiger partial charge in [-0.25, -0.2) is 9.59 Å². The molecule has 1 heterocycles. The lowest BCUT2D eigenvalue weighted by Crippen LogP contribution is -2.08. The molecule has 1 N–H and O–H groups in total. The summed E-state index contributed by atoms with van der Waals surface area (Å²) in [7, 11) is 1.31. The molecule has 0 bridgehead atoms. The Balaban J connectivity index is 2.01. The van der Waals surface area contributed by atoms with E-state index in [1.165, 1.54) is 7.11 Å². The van der Waals surface area contributed by atoms with Crippen molar-refractivity contribution in [3.8, 4) is 0 Å². The van der Waals surface area contributed by atoms with Crippen LogP contribution in [-0.4, -0.2) is 30.6 Å². The van der Waals surface area contributed by atoms with Crippen LogP contribution in [0.2, 0.25) is 0 Å². The number of aromatic amines is 1. The molecule has 0 saturated carbocycles. The van der Waals surface area contributed by atoms with E-state index in [1.807, 2.05) is 36.4 Å². The smallest absolute Gasteiger partial charge is 0.355 e. The Morgan fingerprint density at radius 2 is 1.83 bits per heavy atom. The van der Waals surface area contributed by atoms with Crippen LogP contribution in [0, 0.1) is 13.8 Å². The highest BCUT2D eigenvalue weighted by atomic mass is 16.5. The first-order chi connectivity index (χ1) is 11.0. The summed E-state index contributed by atoms with van der Waals surface area (Å²) in [5.74, 6) is -0.974. The topological polar surface area (TPSA) is 68.4 Å². The zero-order chi connectivity index (χ0) is 16.8. The van der Waals surface area contributed by atoms with Crippen LogP contribution in [0.3, 0.4) is 0 Å². The fourth-order valence-electron chi connectivity index (χ4n) is 2.31. The van der Waals surface area contributed by atoms with Gasteiger partial charge in [-0.2, -0.15) is 0 Å². The Morgan fingerprint density at radius 3 is 2.48 bits per heavy atom. The summed E-state index contributed by atoms with van der Waals surface area (Å²) in [6.07, 6.45) is 3.64. The van der Waals surface area contributed by atoms with E-state index in [4.69, 9.17) is 9.47 Å². The van der Waals surface area contributed by atoms with Crippen molar-refractivity contribution in [2.75, 3.05) is 13.7 Å². The van der Waals surface area contributed by atoms with E-state index in [9.17, 15) is 9.59 Å². The van der Waals surface area contributed by atoms with E-state index in [-0.39, 0.29) is 12.3 Å². The van der Waals surface area contributed by atoms with Crippen LogP contribution in [0.1, 0.15) is 37.7 Å². The molecule has 120 valence electrons. The molecule has 0 aliphatic heterocycles. The molecule has 1 aromatic carbocycles. The Hall–Kier alpha value is -2.82. The van der Waals surface area contributed by atoms with Crippen LogP contribution in [0.25, 0.3) is 6.08 Å². The quantitative estimate of drug-likeness (QED) is 0.860. The fourth-order valence-corrected chi connectivity index (χ4v) is 2.31. The van der Waals surface area contributed by atoms with Crippen molar-refractivity contribution in [2.24, 2.45) is 0 Å². The number of esters is 2. The molecule has 0 aliphatic carbocycles. The number of hydrogen-bond donors (Lipinski definition) is 1. The highest BCUT2D eigenvalue weighted by Gasteiger charge is 2.23. The fraction of sp³-hybridized carbons (Fsp3) is 0.222. The maximum Gasteiger partial charge on any atom is 0.355 e. The average Bonchev–Trinajstić information content (AvgIpc) is 2.86. The normalized spacial score (nSPS) is 10.7. The largest absolute Gasteiger partial charge is 0.465 e. The molecular formula is C18H19NO4. The molecule has 0 unspecified atom stereocenters. The van der Waals surface area contributed by atoms with Crippen molar-refractivity contribution in [1.82, 2.24) is 4.98 Å². The summed E-state index contributed by atoms with van der Waals surface area (Å²) >= 11 is 0. The predicted molar refractivity (Wildman–Crippen MR) is 87.4 cm³/mol. The SMILES string of the molecule is COC(=O)c1c(C)[nH]c(C(=O)OC/C=C/c2ccccc2)c1C. The van der Waals surface area contributed by atoms with Gasteiger partial charge in [0.1, 0.15) is 12.3 Å². The Bertz CT molecular complexity index is 729. The van der Waals surface area contributed by atoms with Gasteiger partial charge in [-0.15, -0.1) is 0 Å². The molecule has 0 spiro atoms. The second kappa shape index (κ2) is 7.45. The summed E-state index contributed by atoms with van der Waals surface area (Å²) in [6.45, 7) is 3.55. The number of nitrogens with one attached hydrogen (secondary N) is 1. The Morgan fingerprint density at radius 1 is 1.13 bits per heavy atom. The number of methoxy groups -OCH3 is 1. The molecule has 23 heavy (non-hydrogen) atoms. The van der Waals surface area contributed by atoms with Crippen LogP contribution >= 0.6 is 0 Å². The molecular weight excluding hydrogens is 294 g/mol. The standard InChI is InChI=1S/C18H19NO4/c1-12-15(17(20)22-3)13(2)19-16(12)18(21)23-11-7-10-14-8-5-4-6-9-14/h4-10,19H,11H2,1-3H3/b10-7+. The molecule has 5 heteroatoms. The zero-order valence-electron chi connectivity index (χ0n) is 13.4. The average molecular weight is 313 g/mol. The zero-order valence-corrected chi connectivity index (χ0v) is 13.4. The van der Waals surface area contributed by atoms with E-state index in [0.29, 0.717) is 16.8 Å². The van der Waals surface area contributed by atoms with Crippen LogP contribution in [0.4, 0.5) is 0 Å². The molecule has 0 aliphatic rings. The molecule has 2 aromatic rings. The highest BCUT2D eigenvalue weighted by Crippen LogP contribution is 2.19. The third kappa shape index (κ3) is 3.88. The summed E-state index contributed by atoms with van der Waals surface area (Å²) in [4.78, 5) is 26.7. The third-order valence-corrected chi connectivity index (χ3v) is 3.45. The van der Waals surface area contributed by atoms with Crippen molar-refractivity contribution in [3.63, 3.8) is 0 Å². The molecule has 0 saturated heterocycles. The van der Waals surface area contributed by atoms with Crippen LogP contribution < -0.4 is 0 Å². The number of aryl methyl sites for hydroxylation is 1. The first-order valence-corrected chi connectivity index (χ1v) is 7.20. The second-order valence-electron chi connectivity index (χ2n) is 5.03. The molecule has 0 fully saturated rings. The van der Waals surface area contributed by atoms with Gasteiger partial charge in [0.05, 0.1) is 12.7 Å². The van der Waals surface area contributed by atoms with E-state index in [1.54, 1.807) is 19.9 Å². The lowest BCUT2D eigenvalue weighted by molar-refractivity contribution is 0.0543. The first-order valence-electron chi connectivity index (χ1n) is 7.20. The van der Waals surface area contributed by atoms with Gasteiger partial charge in [0.2, 0.25) is 0 Å². The second-order valence-corrected chi connectivity index (χ2v) is 5.03. The van der Waals surface area contributed by atoms with E-state index in [2.05, 4.69) is 4.98 Å². The predicted octanol–water partition coefficient (Wildman–Crippen LogP) is 3.29. The number of aromatic nitrogens is 1. The third-order valence-electron chi connectivity index (χ3n) is 3.45. The van der Waals surface area contributed by atoms with Crippen LogP contribution in [0.15, 0.2) is 36.4 Å². The first kappa shape index (κ1) is 16.5. The van der Waals surface area contributed by atoms with E-state index in [0.717, 1.165) is 5.56 Å². The minimum atomic E-state index is -0.501. The number of benzene rings is 1. The molecule has 0 atom stereocenters. The van der Waals surface area contributed by atoms with Crippen LogP contribution in [-0.2, 0) is 9.47 Å². The number of carbonyl (C=O) groups is 2. The molecule has 5 nitrogen and oxygen atoms in total. The lowest BCUT2D eigenvalue weighted by atomic mass is 10.1. The van der Waals surface area contributed by atoms with Crippen molar-refractivity contribution in [3.05, 3.63) is 64.5 Å². The Labute approximate surface area is 134 Å². The maximum absolute atomic E-state index is 12.1. The minimum Gasteiger partial charge on any atom is -0.465 e. The van der Waals surface area contributed by atoms with E-state index < -0.39 is 11.9 Å². The number of ether oxygens (including phenoxy) is 2. The van der Waals surface area contributed by atoms with Crippen molar-refractivity contribution in [2.45, 2.75) is 13.8 Å². The number of carbonyl (C=O) groups excluding carboxylic acids is 2. The van der Waals surface area contributed by atoms with Gasteiger partial charge in [0.25, 0.3) is 0 Å². The highest BCUT2D eigenvalue weighted by molar-refractivity contribution is 5.98. The van der Waals surface area contributed by atoms with Crippen molar-refractivity contribution in [1.29, 1.82) is 0 Å². The molecule has 0 radical (unpaired) electrons. The Kier molecular flexibility index (Phi) is 5.36. The van der Waals surface area contributed by atoms with E-state index >= 15 is 0 Å². The van der Waals surface area contributed by atoms with Crippen LogP contribution in [0.5, 0.6) is 0 Å². The van der Waals surface area contributed by atoms with Gasteiger partial charge in [-0.1, -0.05) is 36.4 Å². The van der Waals surface area contributed by atoms with Gasteiger partial charge < -0.3 is 14.5 Å². The molecule has 1 aromatic heterocycles. The molecule has 0 amide bonds. The summed E-state index contributed by atoms with van der Waals surface area (Å²) in [6, 6.07) is 9.72. The molecule has 2 rings (SSSR count). The minimum absolute atomic E-state index is 0.152. The van der Waals surface area contributed by atoms with Crippen molar-refractivity contribution >= 4 is 18.0 Å². The van der Waals surface area contributed by atoms with Crippen molar-refractivity contribution < 1.29 is 19.1 Å². The number of rotatable bonds is 5. The van der Waals surface area contributed by atoms with Gasteiger partial charge in [-0.05, 0) is 31.1 Å². The van der Waals surface area contributed by atoms with Gasteiger partial charge in [0.15, 0.2) is 0 Å². The van der Waals surface area contributed by atoms with Gasteiger partial charge >= 0.3 is 11.9 Å². The maximum atomic E-state index is 12.1. The number of H-pyrrole nitrogens is 1. The monoisotopic (exact) mass is 313 g/mol. The number of hydrogen-bond acceptors (Lipinski definition) is 4. The summed E-state index contributed by atoms with van der Waals surface area (Å²) in [5.41, 5.74) is 2.80. The van der Waals surface area contributed by atoms with Gasteiger partial charge in [-0.3, -0.25) is 0 Å². The lowest BCUT2D eigenvalue weighted by Gasteiger charge is -2.02.